The molecule has 0 bridgehead atoms. The second kappa shape index (κ2) is 10.0. The van der Waals surface area contributed by atoms with Crippen molar-refractivity contribution >= 4 is 10.9 Å². The highest BCUT2D eigenvalue weighted by molar-refractivity contribution is 5.91. The molecule has 1 heterocycles. The van der Waals surface area contributed by atoms with Crippen molar-refractivity contribution < 1.29 is 14.9 Å². The predicted molar refractivity (Wildman–Crippen MR) is 125 cm³/mol. The van der Waals surface area contributed by atoms with Crippen molar-refractivity contribution in [2.24, 2.45) is 0 Å². The third kappa shape index (κ3) is 5.37. The Balaban J connectivity index is 1.95. The largest absolute Gasteiger partial charge is 0.506 e. The van der Waals surface area contributed by atoms with E-state index in [1.54, 1.807) is 12.1 Å². The normalized spacial score (nSPS) is 11.5. The molecule has 31 heavy (non-hydrogen) atoms. The molecule has 0 saturated heterocycles. The number of rotatable bonds is 8. The van der Waals surface area contributed by atoms with Crippen molar-refractivity contribution in [1.82, 2.24) is 4.57 Å². The monoisotopic (exact) mass is 419 g/mol. The Hall–Kier alpha value is -3.47. The quantitative estimate of drug-likeness (QED) is 0.471. The Kier molecular flexibility index (Phi) is 7.19. The molecular weight excluding hydrogens is 390 g/mol. The number of hydrogen-bond acceptors (Lipinski definition) is 4. The average Bonchev–Trinajstić information content (AvgIpc) is 2.74. The van der Waals surface area contributed by atoms with Gasteiger partial charge in [-0.1, -0.05) is 53.6 Å². The fourth-order valence-electron chi connectivity index (χ4n) is 3.46. The Morgan fingerprint density at radius 2 is 1.74 bits per heavy atom. The van der Waals surface area contributed by atoms with E-state index in [1.165, 1.54) is 16.2 Å². The Bertz CT molecular complexity index is 1170. The molecule has 0 atom stereocenters. The Morgan fingerprint density at radius 1 is 1.00 bits per heavy atom. The third-order valence-corrected chi connectivity index (χ3v) is 5.13. The van der Waals surface area contributed by atoms with E-state index in [2.05, 4.69) is 19.9 Å². The zero-order valence-corrected chi connectivity index (χ0v) is 18.3. The van der Waals surface area contributed by atoms with Gasteiger partial charge in [-0.15, -0.1) is 0 Å². The van der Waals surface area contributed by atoms with Crippen LogP contribution in [0.5, 0.6) is 17.2 Å². The molecule has 3 aromatic rings. The number of hydrogen-bond donors (Lipinski definition) is 2. The van der Waals surface area contributed by atoms with Gasteiger partial charge in [0.15, 0.2) is 5.75 Å². The summed E-state index contributed by atoms with van der Waals surface area (Å²) in [6.45, 7) is 6.60. The number of benzene rings is 2. The summed E-state index contributed by atoms with van der Waals surface area (Å²) in [5.41, 5.74) is 3.15. The van der Waals surface area contributed by atoms with Crippen molar-refractivity contribution in [3.8, 4) is 17.2 Å². The summed E-state index contributed by atoms with van der Waals surface area (Å²) in [5.74, 6) is -0.430. The van der Waals surface area contributed by atoms with Gasteiger partial charge < -0.3 is 14.9 Å². The van der Waals surface area contributed by atoms with E-state index in [4.69, 9.17) is 4.74 Å². The Morgan fingerprint density at radius 3 is 2.45 bits per heavy atom. The van der Waals surface area contributed by atoms with Crippen LogP contribution in [0.25, 0.3) is 10.9 Å². The van der Waals surface area contributed by atoms with Gasteiger partial charge in [-0.2, -0.15) is 0 Å². The number of aromatic hydroxyl groups is 2. The van der Waals surface area contributed by atoms with Crippen molar-refractivity contribution in [2.75, 3.05) is 6.61 Å². The molecule has 0 unspecified atom stereocenters. The van der Waals surface area contributed by atoms with Crippen LogP contribution in [0.15, 0.2) is 76.6 Å². The van der Waals surface area contributed by atoms with E-state index in [1.807, 2.05) is 43.3 Å². The van der Waals surface area contributed by atoms with Crippen LogP contribution < -0.4 is 10.3 Å². The minimum Gasteiger partial charge on any atom is -0.506 e. The summed E-state index contributed by atoms with van der Waals surface area (Å²) in [4.78, 5) is 13.2. The summed E-state index contributed by atoms with van der Waals surface area (Å²) in [6.07, 6.45) is 5.97. The molecule has 3 rings (SSSR count). The number of pyridine rings is 1. The maximum atomic E-state index is 13.2. The van der Waals surface area contributed by atoms with Gasteiger partial charge in [0.25, 0.3) is 5.56 Å². The summed E-state index contributed by atoms with van der Waals surface area (Å²) < 4.78 is 7.18. The number of para-hydroxylation sites is 1. The van der Waals surface area contributed by atoms with Gasteiger partial charge >= 0.3 is 0 Å². The zero-order valence-electron chi connectivity index (χ0n) is 18.3. The van der Waals surface area contributed by atoms with Gasteiger partial charge in [0.2, 0.25) is 5.75 Å². The second-order valence-corrected chi connectivity index (χ2v) is 7.91. The molecule has 0 aliphatic rings. The molecular formula is C26H29NO4. The molecule has 0 amide bonds. The maximum Gasteiger partial charge on any atom is 0.297 e. The van der Waals surface area contributed by atoms with Gasteiger partial charge in [-0.05, 0) is 57.4 Å². The van der Waals surface area contributed by atoms with Crippen LogP contribution in [0, 0.1) is 0 Å². The van der Waals surface area contributed by atoms with Gasteiger partial charge in [-0.25, -0.2) is 0 Å². The molecule has 0 fully saturated rings. The van der Waals surface area contributed by atoms with Gasteiger partial charge in [-0.3, -0.25) is 9.36 Å². The highest BCUT2D eigenvalue weighted by atomic mass is 16.5. The summed E-state index contributed by atoms with van der Waals surface area (Å²) >= 11 is 0. The lowest BCUT2D eigenvalue weighted by Crippen LogP contribution is -2.23. The van der Waals surface area contributed by atoms with Crippen LogP contribution in [0.1, 0.15) is 39.2 Å². The first kappa shape index (κ1) is 22.2. The molecule has 0 aliphatic carbocycles. The number of fused-ring (bicyclic) bond motifs is 1. The van der Waals surface area contributed by atoms with Gasteiger partial charge in [0.05, 0.1) is 12.1 Å². The molecule has 0 radical (unpaired) electrons. The highest BCUT2D eigenvalue weighted by Crippen LogP contribution is 2.35. The second-order valence-electron chi connectivity index (χ2n) is 7.91. The summed E-state index contributed by atoms with van der Waals surface area (Å²) in [6, 6.07) is 14.3. The molecule has 162 valence electrons. The van der Waals surface area contributed by atoms with Crippen molar-refractivity contribution in [3.05, 3.63) is 87.7 Å². The van der Waals surface area contributed by atoms with Crippen LogP contribution in [-0.2, 0) is 6.54 Å². The summed E-state index contributed by atoms with van der Waals surface area (Å²) in [7, 11) is 0. The standard InChI is InChI=1S/C26H29NO4/c1-18(2)9-7-10-19(3)15-16-31-25-24(29)21-13-8-14-22(28)23(21)27(26(25)30)17-20-11-5-4-6-12-20/h4-6,8-9,11-15,28-29H,7,10,16-17H2,1-3H3/b19-15+. The van der Waals surface area contributed by atoms with E-state index in [0.717, 1.165) is 24.0 Å². The third-order valence-electron chi connectivity index (χ3n) is 5.13. The highest BCUT2D eigenvalue weighted by Gasteiger charge is 2.19. The van der Waals surface area contributed by atoms with Crippen LogP contribution in [0.3, 0.4) is 0 Å². The van der Waals surface area contributed by atoms with E-state index in [9.17, 15) is 15.0 Å². The molecule has 0 aliphatic heterocycles. The van der Waals surface area contributed by atoms with Crippen molar-refractivity contribution in [3.63, 3.8) is 0 Å². The van der Waals surface area contributed by atoms with Gasteiger partial charge in [0.1, 0.15) is 12.4 Å². The fraction of sp³-hybridized carbons (Fsp3) is 0.269. The topological polar surface area (TPSA) is 71.7 Å². The average molecular weight is 420 g/mol. The number of nitrogens with zero attached hydrogens (tertiary/aromatic N) is 1. The number of phenolic OH excluding ortho intramolecular Hbond substituents is 1. The van der Waals surface area contributed by atoms with Crippen molar-refractivity contribution in [2.45, 2.75) is 40.2 Å². The lowest BCUT2D eigenvalue weighted by molar-refractivity contribution is 0.329. The van der Waals surface area contributed by atoms with E-state index in [0.29, 0.717) is 5.39 Å². The first-order valence-electron chi connectivity index (χ1n) is 10.4. The smallest absolute Gasteiger partial charge is 0.297 e. The van der Waals surface area contributed by atoms with E-state index in [-0.39, 0.29) is 35.9 Å². The number of aromatic nitrogens is 1. The SMILES string of the molecule is CC(C)=CCC/C(C)=C/COc1c(O)c2cccc(O)c2n(Cc2ccccc2)c1=O. The molecule has 2 N–H and O–H groups in total. The van der Waals surface area contributed by atoms with Crippen LogP contribution in [-0.4, -0.2) is 21.4 Å². The zero-order chi connectivity index (χ0) is 22.4. The number of phenols is 1. The molecule has 5 nitrogen and oxygen atoms in total. The van der Waals surface area contributed by atoms with Crippen LogP contribution >= 0.6 is 0 Å². The van der Waals surface area contributed by atoms with E-state index >= 15 is 0 Å². The molecule has 0 saturated carbocycles. The molecule has 2 aromatic carbocycles. The molecule has 1 aromatic heterocycles. The fourth-order valence-corrected chi connectivity index (χ4v) is 3.46. The lowest BCUT2D eigenvalue weighted by Gasteiger charge is -2.16. The number of ether oxygens (including phenoxy) is 1. The first-order valence-corrected chi connectivity index (χ1v) is 10.4. The van der Waals surface area contributed by atoms with Crippen molar-refractivity contribution in [1.29, 1.82) is 0 Å². The maximum absolute atomic E-state index is 13.2. The van der Waals surface area contributed by atoms with E-state index < -0.39 is 5.56 Å². The lowest BCUT2D eigenvalue weighted by atomic mass is 10.1. The first-order chi connectivity index (χ1) is 14.9. The Labute approximate surface area is 182 Å². The molecule has 0 spiro atoms. The summed E-state index contributed by atoms with van der Waals surface area (Å²) in [5, 5.41) is 21.5. The molecule has 5 heteroatoms. The minimum atomic E-state index is -0.481. The predicted octanol–water partition coefficient (Wildman–Crippen LogP) is 5.53. The number of allylic oxidation sites excluding steroid dienone is 3. The minimum absolute atomic E-state index is 0.0672. The van der Waals surface area contributed by atoms with Gasteiger partial charge in [0, 0.05) is 5.39 Å². The van der Waals surface area contributed by atoms with Crippen LogP contribution in [0.2, 0.25) is 0 Å². The van der Waals surface area contributed by atoms with Crippen LogP contribution in [0.4, 0.5) is 0 Å².